The minimum absolute atomic E-state index is 0.212. The van der Waals surface area contributed by atoms with Crippen molar-refractivity contribution < 1.29 is 19.4 Å². The molecule has 5 heteroatoms. The number of para-hydroxylation sites is 1. The topological polar surface area (TPSA) is 75.6 Å². The van der Waals surface area contributed by atoms with Crippen LogP contribution >= 0.6 is 0 Å². The van der Waals surface area contributed by atoms with Crippen molar-refractivity contribution in [1.29, 1.82) is 0 Å². The third-order valence-corrected chi connectivity index (χ3v) is 5.40. The molecule has 0 bridgehead atoms. The number of amides is 1. The molecule has 2 unspecified atom stereocenters. The zero-order valence-corrected chi connectivity index (χ0v) is 17.6. The van der Waals surface area contributed by atoms with Crippen molar-refractivity contribution in [1.82, 2.24) is 0 Å². The molecular weight excluding hydrogens is 366 g/mol. The number of anilines is 1. The van der Waals surface area contributed by atoms with Gasteiger partial charge in [0.25, 0.3) is 0 Å². The van der Waals surface area contributed by atoms with Gasteiger partial charge in [0.05, 0.1) is 5.92 Å². The Morgan fingerprint density at radius 3 is 2.14 bits per heavy atom. The number of cyclic esters (lactones) is 1. The molecule has 0 spiro atoms. The molecule has 2 atom stereocenters. The molecule has 1 aromatic rings. The Morgan fingerprint density at radius 1 is 1.00 bits per heavy atom. The van der Waals surface area contributed by atoms with Gasteiger partial charge in [-0.05, 0) is 18.6 Å². The van der Waals surface area contributed by atoms with E-state index in [4.69, 9.17) is 4.74 Å². The van der Waals surface area contributed by atoms with Crippen LogP contribution in [0.3, 0.4) is 0 Å². The lowest BCUT2D eigenvalue weighted by Gasteiger charge is -2.19. The number of ether oxygens (including phenoxy) is 1. The Balaban J connectivity index is 1.78. The van der Waals surface area contributed by atoms with Crippen LogP contribution in [-0.2, 0) is 14.3 Å². The third kappa shape index (κ3) is 8.40. The number of aliphatic hydroxyl groups excluding tert-OH is 1. The molecule has 1 aliphatic rings. The Bertz CT molecular complexity index is 656. The standard InChI is InChI=1S/C24H35NO4/c1-2-3-4-5-6-7-8-9-10-14-17-20(21-18-22(26)29-24(21)28)23(27)25-19-15-12-11-13-16-19/h11-13,15-16,18,20,24,28H,2-10,14,17H2,1H3,(H,25,27). The summed E-state index contributed by atoms with van der Waals surface area (Å²) in [6, 6.07) is 9.21. The molecule has 1 aliphatic heterocycles. The van der Waals surface area contributed by atoms with Gasteiger partial charge >= 0.3 is 5.97 Å². The highest BCUT2D eigenvalue weighted by Crippen LogP contribution is 2.28. The molecule has 2 N–H and O–H groups in total. The molecule has 0 aromatic heterocycles. The van der Waals surface area contributed by atoms with E-state index in [-0.39, 0.29) is 5.91 Å². The molecule has 29 heavy (non-hydrogen) atoms. The second-order valence-corrected chi connectivity index (χ2v) is 7.81. The van der Waals surface area contributed by atoms with E-state index in [9.17, 15) is 14.7 Å². The molecule has 0 aliphatic carbocycles. The summed E-state index contributed by atoms with van der Waals surface area (Å²) in [5, 5.41) is 12.9. The number of aliphatic hydroxyl groups is 1. The number of esters is 1. The zero-order valence-electron chi connectivity index (χ0n) is 17.6. The van der Waals surface area contributed by atoms with E-state index in [2.05, 4.69) is 12.2 Å². The summed E-state index contributed by atoms with van der Waals surface area (Å²) in [4.78, 5) is 24.3. The number of benzene rings is 1. The highest BCUT2D eigenvalue weighted by molar-refractivity contribution is 5.96. The average Bonchev–Trinajstić information content (AvgIpc) is 3.04. The predicted molar refractivity (Wildman–Crippen MR) is 115 cm³/mol. The van der Waals surface area contributed by atoms with Gasteiger partial charge in [0.1, 0.15) is 0 Å². The quantitative estimate of drug-likeness (QED) is 0.325. The number of carbonyl (C=O) groups excluding carboxylic acids is 2. The van der Waals surface area contributed by atoms with E-state index < -0.39 is 18.2 Å². The summed E-state index contributed by atoms with van der Waals surface area (Å²) >= 11 is 0. The van der Waals surface area contributed by atoms with Gasteiger partial charge < -0.3 is 15.2 Å². The Morgan fingerprint density at radius 2 is 1.59 bits per heavy atom. The first-order valence-electron chi connectivity index (χ1n) is 11.1. The zero-order chi connectivity index (χ0) is 20.9. The molecule has 0 radical (unpaired) electrons. The van der Waals surface area contributed by atoms with Crippen LogP contribution in [0.4, 0.5) is 5.69 Å². The van der Waals surface area contributed by atoms with Gasteiger partial charge in [0, 0.05) is 17.3 Å². The summed E-state index contributed by atoms with van der Waals surface area (Å²) in [7, 11) is 0. The highest BCUT2D eigenvalue weighted by Gasteiger charge is 2.34. The maximum atomic E-state index is 12.8. The predicted octanol–water partition coefficient (Wildman–Crippen LogP) is 5.35. The maximum absolute atomic E-state index is 12.8. The van der Waals surface area contributed by atoms with Gasteiger partial charge in [-0.3, -0.25) is 4.79 Å². The van der Waals surface area contributed by atoms with Gasteiger partial charge in [-0.25, -0.2) is 4.79 Å². The van der Waals surface area contributed by atoms with E-state index in [0.717, 1.165) is 19.3 Å². The third-order valence-electron chi connectivity index (χ3n) is 5.40. The number of carbonyl (C=O) groups is 2. The summed E-state index contributed by atoms with van der Waals surface area (Å²) < 4.78 is 4.80. The van der Waals surface area contributed by atoms with E-state index in [1.54, 1.807) is 0 Å². The SMILES string of the molecule is CCCCCCCCCCCCC(C(=O)Nc1ccccc1)C1=CC(=O)OC1O. The number of unbranched alkanes of at least 4 members (excludes halogenated alkanes) is 9. The minimum atomic E-state index is -1.32. The number of rotatable bonds is 14. The number of hydrogen-bond acceptors (Lipinski definition) is 4. The van der Waals surface area contributed by atoms with Gasteiger partial charge in [-0.2, -0.15) is 0 Å². The molecule has 0 fully saturated rings. The second kappa shape index (κ2) is 13.2. The molecule has 160 valence electrons. The van der Waals surface area contributed by atoms with Crippen molar-refractivity contribution in [2.75, 3.05) is 5.32 Å². The van der Waals surface area contributed by atoms with Gasteiger partial charge in [0.15, 0.2) is 0 Å². The van der Waals surface area contributed by atoms with Crippen molar-refractivity contribution in [2.45, 2.75) is 83.8 Å². The first-order valence-corrected chi connectivity index (χ1v) is 11.1. The normalized spacial score (nSPS) is 17.0. The van der Waals surface area contributed by atoms with Crippen molar-refractivity contribution in [2.24, 2.45) is 5.92 Å². The van der Waals surface area contributed by atoms with Gasteiger partial charge in [-0.15, -0.1) is 0 Å². The molecule has 1 heterocycles. The van der Waals surface area contributed by atoms with Crippen LogP contribution in [0.1, 0.15) is 77.6 Å². The van der Waals surface area contributed by atoms with Crippen molar-refractivity contribution in [3.63, 3.8) is 0 Å². The van der Waals surface area contributed by atoms with E-state index in [1.165, 1.54) is 51.0 Å². The van der Waals surface area contributed by atoms with E-state index >= 15 is 0 Å². The Kier molecular flexibility index (Phi) is 10.5. The monoisotopic (exact) mass is 401 g/mol. The lowest BCUT2D eigenvalue weighted by atomic mass is 9.91. The first-order chi connectivity index (χ1) is 14.1. The molecule has 0 saturated heterocycles. The van der Waals surface area contributed by atoms with Crippen molar-refractivity contribution in [3.8, 4) is 0 Å². The highest BCUT2D eigenvalue weighted by atomic mass is 16.6. The van der Waals surface area contributed by atoms with Gasteiger partial charge in [0.2, 0.25) is 12.2 Å². The van der Waals surface area contributed by atoms with Crippen LogP contribution < -0.4 is 5.32 Å². The number of nitrogens with one attached hydrogen (secondary N) is 1. The minimum Gasteiger partial charge on any atom is -0.429 e. The smallest absolute Gasteiger partial charge is 0.333 e. The van der Waals surface area contributed by atoms with Crippen LogP contribution in [0.5, 0.6) is 0 Å². The van der Waals surface area contributed by atoms with E-state index in [1.807, 2.05) is 30.3 Å². The van der Waals surface area contributed by atoms with Crippen LogP contribution in [0.25, 0.3) is 0 Å². The largest absolute Gasteiger partial charge is 0.429 e. The number of hydrogen-bond donors (Lipinski definition) is 2. The average molecular weight is 402 g/mol. The fraction of sp³-hybridized carbons (Fsp3) is 0.583. The summed E-state index contributed by atoms with van der Waals surface area (Å²) in [6.45, 7) is 2.23. The lowest BCUT2D eigenvalue weighted by Crippen LogP contribution is -2.28. The molecule has 1 aromatic carbocycles. The van der Waals surface area contributed by atoms with Crippen LogP contribution in [0, 0.1) is 5.92 Å². The first kappa shape index (κ1) is 23.1. The Labute approximate surface area is 174 Å². The molecular formula is C24H35NO4. The summed E-state index contributed by atoms with van der Waals surface area (Å²) in [5.41, 5.74) is 1.06. The lowest BCUT2D eigenvalue weighted by molar-refractivity contribution is -0.152. The fourth-order valence-corrected chi connectivity index (χ4v) is 3.73. The summed E-state index contributed by atoms with van der Waals surface area (Å²) in [5.74, 6) is -1.37. The van der Waals surface area contributed by atoms with Crippen LogP contribution in [-0.4, -0.2) is 23.3 Å². The van der Waals surface area contributed by atoms with Gasteiger partial charge in [-0.1, -0.05) is 89.3 Å². The molecule has 5 nitrogen and oxygen atoms in total. The molecule has 2 rings (SSSR count). The van der Waals surface area contributed by atoms with Crippen LogP contribution in [0.2, 0.25) is 0 Å². The maximum Gasteiger partial charge on any atom is 0.333 e. The van der Waals surface area contributed by atoms with Crippen LogP contribution in [0.15, 0.2) is 42.0 Å². The van der Waals surface area contributed by atoms with Crippen molar-refractivity contribution >= 4 is 17.6 Å². The Hall–Kier alpha value is -2.14. The molecule has 0 saturated carbocycles. The molecule has 1 amide bonds. The van der Waals surface area contributed by atoms with E-state index in [0.29, 0.717) is 17.7 Å². The summed E-state index contributed by atoms with van der Waals surface area (Å²) in [6.07, 6.45) is 12.7. The van der Waals surface area contributed by atoms with Crippen molar-refractivity contribution in [3.05, 3.63) is 42.0 Å². The second-order valence-electron chi connectivity index (χ2n) is 7.81. The fourth-order valence-electron chi connectivity index (χ4n) is 3.73.